The topological polar surface area (TPSA) is 102 Å². The van der Waals surface area contributed by atoms with Gasteiger partial charge in [0, 0.05) is 11.8 Å². The quantitative estimate of drug-likeness (QED) is 0.549. The molecule has 0 aromatic heterocycles. The molecule has 31 heavy (non-hydrogen) atoms. The molecule has 0 amide bonds. The summed E-state index contributed by atoms with van der Waals surface area (Å²) in [7, 11) is -6.67. The highest BCUT2D eigenvalue weighted by Crippen LogP contribution is 2.25. The molecule has 0 aliphatic heterocycles. The van der Waals surface area contributed by atoms with Crippen LogP contribution in [0.25, 0.3) is 0 Å². The number of sulfonamides is 2. The van der Waals surface area contributed by atoms with Gasteiger partial charge in [0.1, 0.15) is 0 Å². The number of halogens is 1. The first-order valence-electron chi connectivity index (χ1n) is 9.08. The lowest BCUT2D eigenvalue weighted by molar-refractivity contribution is 0.385. The first-order chi connectivity index (χ1) is 14.5. The molecule has 0 aliphatic rings. The Hall–Kier alpha value is -3.11. The molecule has 7 nitrogen and oxygen atoms in total. The molecule has 0 spiro atoms. The highest BCUT2D eigenvalue weighted by atomic mass is 32.2. The number of hydrogen-bond donors (Lipinski definition) is 2. The van der Waals surface area contributed by atoms with E-state index in [1.807, 2.05) is 19.1 Å². The molecule has 0 unspecified atom stereocenters. The molecule has 0 aliphatic carbocycles. The second-order valence-electron chi connectivity index (χ2n) is 6.85. The molecule has 3 aromatic rings. The Morgan fingerprint density at radius 2 is 1.39 bits per heavy atom. The summed E-state index contributed by atoms with van der Waals surface area (Å²) >= 11 is 0. The van der Waals surface area contributed by atoms with Crippen molar-refractivity contribution in [1.29, 1.82) is 0 Å². The highest BCUT2D eigenvalue weighted by molar-refractivity contribution is 7.93. The van der Waals surface area contributed by atoms with Crippen LogP contribution in [0.4, 0.5) is 15.8 Å². The van der Waals surface area contributed by atoms with Crippen LogP contribution in [0.3, 0.4) is 0 Å². The number of anilines is 2. The van der Waals surface area contributed by atoms with Gasteiger partial charge in [-0.3, -0.25) is 9.44 Å². The van der Waals surface area contributed by atoms with Gasteiger partial charge in [-0.1, -0.05) is 12.1 Å². The minimum Gasteiger partial charge on any atom is -0.494 e. The number of aryl methyl sites for hydroxylation is 2. The van der Waals surface area contributed by atoms with Gasteiger partial charge in [0.25, 0.3) is 20.0 Å². The Morgan fingerprint density at radius 3 is 2.03 bits per heavy atom. The van der Waals surface area contributed by atoms with Crippen molar-refractivity contribution in [3.8, 4) is 5.75 Å². The van der Waals surface area contributed by atoms with Crippen molar-refractivity contribution >= 4 is 31.4 Å². The summed E-state index contributed by atoms with van der Waals surface area (Å²) in [6, 6.07) is 13.8. The van der Waals surface area contributed by atoms with Crippen molar-refractivity contribution in [1.82, 2.24) is 0 Å². The highest BCUT2D eigenvalue weighted by Gasteiger charge is 2.19. The van der Waals surface area contributed by atoms with Gasteiger partial charge in [0.05, 0.1) is 22.6 Å². The van der Waals surface area contributed by atoms with E-state index in [1.165, 1.54) is 31.4 Å². The fraction of sp³-hybridized carbons (Fsp3) is 0.143. The average molecular weight is 465 g/mol. The Labute approximate surface area is 181 Å². The van der Waals surface area contributed by atoms with Gasteiger partial charge in [0.2, 0.25) is 0 Å². The average Bonchev–Trinajstić information content (AvgIpc) is 2.71. The third-order valence-corrected chi connectivity index (χ3v) is 7.25. The third kappa shape index (κ3) is 5.15. The Kier molecular flexibility index (Phi) is 6.23. The summed E-state index contributed by atoms with van der Waals surface area (Å²) in [5.41, 5.74) is 2.29. The predicted molar refractivity (Wildman–Crippen MR) is 117 cm³/mol. The molecule has 0 bridgehead atoms. The van der Waals surface area contributed by atoms with Crippen molar-refractivity contribution in [2.45, 2.75) is 23.6 Å². The van der Waals surface area contributed by atoms with Crippen LogP contribution in [0.5, 0.6) is 5.75 Å². The lowest BCUT2D eigenvalue weighted by atomic mass is 10.1. The molecule has 0 saturated heterocycles. The van der Waals surface area contributed by atoms with Gasteiger partial charge in [-0.25, -0.2) is 21.2 Å². The summed E-state index contributed by atoms with van der Waals surface area (Å²) in [4.78, 5) is -0.223. The molecule has 3 rings (SSSR count). The number of ether oxygens (including phenoxy) is 1. The summed E-state index contributed by atoms with van der Waals surface area (Å²) in [6.45, 7) is 3.65. The van der Waals surface area contributed by atoms with Crippen molar-refractivity contribution in [2.75, 3.05) is 16.6 Å². The Balaban J connectivity index is 1.81. The van der Waals surface area contributed by atoms with E-state index in [0.717, 1.165) is 29.3 Å². The van der Waals surface area contributed by atoms with Crippen molar-refractivity contribution < 1.29 is 26.0 Å². The van der Waals surface area contributed by atoms with E-state index in [9.17, 15) is 21.2 Å². The largest absolute Gasteiger partial charge is 0.494 e. The second-order valence-corrected chi connectivity index (χ2v) is 10.2. The van der Waals surface area contributed by atoms with Gasteiger partial charge in [-0.15, -0.1) is 0 Å². The minimum atomic E-state index is -4.03. The van der Waals surface area contributed by atoms with E-state index < -0.39 is 25.9 Å². The maximum absolute atomic E-state index is 13.5. The molecule has 0 fully saturated rings. The molecule has 0 heterocycles. The number of rotatable bonds is 7. The molecular weight excluding hydrogens is 443 g/mol. The zero-order valence-electron chi connectivity index (χ0n) is 17.0. The van der Waals surface area contributed by atoms with Crippen molar-refractivity contribution in [3.63, 3.8) is 0 Å². The van der Waals surface area contributed by atoms with Crippen LogP contribution in [0.1, 0.15) is 11.1 Å². The Morgan fingerprint density at radius 1 is 0.774 bits per heavy atom. The van der Waals surface area contributed by atoms with Crippen molar-refractivity contribution in [2.24, 2.45) is 0 Å². The normalized spacial score (nSPS) is 11.7. The molecule has 10 heteroatoms. The van der Waals surface area contributed by atoms with E-state index in [0.29, 0.717) is 5.69 Å². The van der Waals surface area contributed by atoms with Crippen molar-refractivity contribution in [3.05, 3.63) is 77.6 Å². The number of benzene rings is 3. The standard InChI is InChI=1S/C21H21FN2O5S2/c1-14-4-5-15(2)20(12-14)24-30(25,26)17-8-6-16(7-9-17)23-31(27,28)18-10-11-19(22)21(13-18)29-3/h4-13,23-24H,1-3H3. The van der Waals surface area contributed by atoms with Gasteiger partial charge in [-0.2, -0.15) is 0 Å². The van der Waals surface area contributed by atoms with Crippen LogP contribution in [0.2, 0.25) is 0 Å². The molecule has 3 aromatic carbocycles. The van der Waals surface area contributed by atoms with Crippen LogP contribution in [0.15, 0.2) is 70.5 Å². The number of methoxy groups -OCH3 is 1. The smallest absolute Gasteiger partial charge is 0.262 e. The monoisotopic (exact) mass is 464 g/mol. The minimum absolute atomic E-state index is 0.0280. The number of hydrogen-bond acceptors (Lipinski definition) is 5. The van der Waals surface area contributed by atoms with Crippen LogP contribution >= 0.6 is 0 Å². The van der Waals surface area contributed by atoms with Gasteiger partial charge < -0.3 is 4.74 Å². The summed E-state index contributed by atoms with van der Waals surface area (Å²) < 4.78 is 73.7. The lowest BCUT2D eigenvalue weighted by Gasteiger charge is -2.13. The van der Waals surface area contributed by atoms with Crippen LogP contribution < -0.4 is 14.2 Å². The second kappa shape index (κ2) is 8.56. The van der Waals surface area contributed by atoms with E-state index in [1.54, 1.807) is 13.0 Å². The maximum atomic E-state index is 13.5. The van der Waals surface area contributed by atoms with Crippen LogP contribution in [-0.2, 0) is 20.0 Å². The third-order valence-electron chi connectivity index (χ3n) is 4.49. The zero-order chi connectivity index (χ0) is 22.8. The van der Waals surface area contributed by atoms with E-state index in [-0.39, 0.29) is 21.2 Å². The predicted octanol–water partition coefficient (Wildman–Crippen LogP) is 4.05. The molecule has 164 valence electrons. The van der Waals surface area contributed by atoms with E-state index in [2.05, 4.69) is 9.44 Å². The van der Waals surface area contributed by atoms with Gasteiger partial charge in [-0.05, 0) is 67.4 Å². The molecule has 0 saturated carbocycles. The molecular formula is C21H21FN2O5S2. The Bertz CT molecular complexity index is 1320. The van der Waals surface area contributed by atoms with E-state index in [4.69, 9.17) is 4.74 Å². The molecule has 0 atom stereocenters. The first-order valence-corrected chi connectivity index (χ1v) is 12.0. The number of nitrogens with one attached hydrogen (secondary N) is 2. The summed E-state index contributed by atoms with van der Waals surface area (Å²) in [5.74, 6) is -0.894. The zero-order valence-corrected chi connectivity index (χ0v) is 18.6. The van der Waals surface area contributed by atoms with Gasteiger partial charge in [0.15, 0.2) is 11.6 Å². The SMILES string of the molecule is COc1cc(S(=O)(=O)Nc2ccc(S(=O)(=O)Nc3cc(C)ccc3C)cc2)ccc1F. The summed E-state index contributed by atoms with van der Waals surface area (Å²) in [5, 5.41) is 0. The fourth-order valence-electron chi connectivity index (χ4n) is 2.77. The lowest BCUT2D eigenvalue weighted by Crippen LogP contribution is -2.15. The maximum Gasteiger partial charge on any atom is 0.262 e. The molecule has 0 radical (unpaired) electrons. The van der Waals surface area contributed by atoms with Crippen LogP contribution in [-0.4, -0.2) is 23.9 Å². The van der Waals surface area contributed by atoms with Crippen LogP contribution in [0, 0.1) is 19.7 Å². The fourth-order valence-corrected chi connectivity index (χ4v) is 4.97. The van der Waals surface area contributed by atoms with E-state index >= 15 is 0 Å². The molecule has 2 N–H and O–H groups in total. The summed E-state index contributed by atoms with van der Waals surface area (Å²) in [6.07, 6.45) is 0. The van der Waals surface area contributed by atoms with Gasteiger partial charge >= 0.3 is 0 Å². The first kappa shape index (κ1) is 22.6.